The Labute approximate surface area is 49.1 Å². The van der Waals surface area contributed by atoms with Gasteiger partial charge in [0, 0.05) is 0 Å². The van der Waals surface area contributed by atoms with Gasteiger partial charge < -0.3 is 4.52 Å². The number of nitrogens with zero attached hydrogens (tertiary/aromatic N) is 2. The molecule has 2 aromatic heterocycles. The molecule has 0 saturated carbocycles. The molecule has 0 saturated heterocycles. The predicted octanol–water partition coefficient (Wildman–Crippen LogP) is 1.28. The quantitative estimate of drug-likeness (QED) is 0.533. The second kappa shape index (κ2) is 1.29. The smallest absolute Gasteiger partial charge is 0.197 e. The molecule has 0 aliphatic rings. The summed E-state index contributed by atoms with van der Waals surface area (Å²) in [5.74, 6) is 0. The summed E-state index contributed by atoms with van der Waals surface area (Å²) < 4.78 is 9.63. The second-order valence-electron chi connectivity index (χ2n) is 1.38. The fourth-order valence-electron chi connectivity index (χ4n) is 0.526. The van der Waals surface area contributed by atoms with E-state index in [-0.39, 0.29) is 0 Å². The largest absolute Gasteiger partial charge is 0.354 e. The normalized spacial score (nSPS) is 10.5. The summed E-state index contributed by atoms with van der Waals surface area (Å²) in [5.41, 5.74) is 0.773. The number of hydrogen-bond acceptors (Lipinski definition) is 4. The van der Waals surface area contributed by atoms with Crippen molar-refractivity contribution in [2.45, 2.75) is 0 Å². The highest BCUT2D eigenvalue weighted by Crippen LogP contribution is 2.15. The van der Waals surface area contributed by atoms with Crippen LogP contribution in [0.1, 0.15) is 0 Å². The average molecular weight is 126 g/mol. The summed E-state index contributed by atoms with van der Waals surface area (Å²) in [6.07, 6.45) is 3.32. The van der Waals surface area contributed by atoms with Gasteiger partial charge in [-0.05, 0) is 11.5 Å². The van der Waals surface area contributed by atoms with Crippen molar-refractivity contribution in [3.05, 3.63) is 12.4 Å². The fraction of sp³-hybridized carbons (Fsp3) is 0. The topological polar surface area (TPSA) is 38.9 Å². The zero-order valence-corrected chi connectivity index (χ0v) is 4.68. The lowest BCUT2D eigenvalue weighted by atomic mass is 10.6. The van der Waals surface area contributed by atoms with Gasteiger partial charge in [0.25, 0.3) is 0 Å². The Morgan fingerprint density at radius 2 is 2.50 bits per heavy atom. The first-order valence-corrected chi connectivity index (χ1v) is 2.89. The third-order valence-corrected chi connectivity index (χ3v) is 1.60. The Bertz CT molecular complexity index is 235. The molecule has 0 fully saturated rings. The molecular formula is C4H2N2OS. The SMILES string of the molecule is c1nsc2cnoc12. The number of hydrogen-bond donors (Lipinski definition) is 0. The van der Waals surface area contributed by atoms with E-state index in [9.17, 15) is 0 Å². The van der Waals surface area contributed by atoms with Crippen LogP contribution in [0.25, 0.3) is 10.3 Å². The minimum Gasteiger partial charge on any atom is -0.354 e. The minimum atomic E-state index is 0.773. The molecule has 0 spiro atoms. The maximum atomic E-state index is 4.76. The van der Waals surface area contributed by atoms with Crippen molar-refractivity contribution in [3.63, 3.8) is 0 Å². The first-order valence-electron chi connectivity index (χ1n) is 2.12. The van der Waals surface area contributed by atoms with Gasteiger partial charge in [-0.25, -0.2) is 0 Å². The zero-order valence-electron chi connectivity index (χ0n) is 3.87. The Kier molecular flexibility index (Phi) is 0.648. The third-order valence-electron chi connectivity index (χ3n) is 0.885. The number of fused-ring (bicyclic) bond motifs is 1. The molecule has 8 heavy (non-hydrogen) atoms. The summed E-state index contributed by atoms with van der Waals surface area (Å²) in [6, 6.07) is 0. The molecule has 0 unspecified atom stereocenters. The van der Waals surface area contributed by atoms with Crippen LogP contribution in [0.15, 0.2) is 16.9 Å². The lowest BCUT2D eigenvalue weighted by molar-refractivity contribution is 0.456. The number of rotatable bonds is 0. The maximum Gasteiger partial charge on any atom is 0.197 e. The predicted molar refractivity (Wildman–Crippen MR) is 29.7 cm³/mol. The van der Waals surface area contributed by atoms with Crippen LogP contribution in [0.2, 0.25) is 0 Å². The molecule has 4 heteroatoms. The van der Waals surface area contributed by atoms with Gasteiger partial charge in [-0.3, -0.25) is 0 Å². The molecule has 0 radical (unpaired) electrons. The van der Waals surface area contributed by atoms with E-state index in [1.54, 1.807) is 12.4 Å². The van der Waals surface area contributed by atoms with Gasteiger partial charge in [-0.1, -0.05) is 5.16 Å². The Morgan fingerprint density at radius 1 is 1.50 bits per heavy atom. The Morgan fingerprint density at radius 3 is 3.38 bits per heavy atom. The van der Waals surface area contributed by atoms with Gasteiger partial charge >= 0.3 is 0 Å². The molecule has 0 bridgehead atoms. The molecule has 0 atom stereocenters. The van der Waals surface area contributed by atoms with Crippen molar-refractivity contribution in [1.29, 1.82) is 0 Å². The minimum absolute atomic E-state index is 0.773. The summed E-state index contributed by atoms with van der Waals surface area (Å²) in [6.45, 7) is 0. The molecule has 0 aliphatic carbocycles. The van der Waals surface area contributed by atoms with Crippen molar-refractivity contribution < 1.29 is 4.52 Å². The summed E-state index contributed by atoms with van der Waals surface area (Å²) in [5, 5.41) is 3.56. The zero-order chi connectivity index (χ0) is 5.40. The molecule has 0 aliphatic heterocycles. The van der Waals surface area contributed by atoms with E-state index < -0.39 is 0 Å². The van der Waals surface area contributed by atoms with Gasteiger partial charge in [-0.2, -0.15) is 4.37 Å². The van der Waals surface area contributed by atoms with Crippen molar-refractivity contribution in [2.24, 2.45) is 0 Å². The van der Waals surface area contributed by atoms with E-state index >= 15 is 0 Å². The fourth-order valence-corrected chi connectivity index (χ4v) is 1.06. The second-order valence-corrected chi connectivity index (χ2v) is 2.21. The van der Waals surface area contributed by atoms with Crippen molar-refractivity contribution >= 4 is 21.8 Å². The van der Waals surface area contributed by atoms with E-state index in [2.05, 4.69) is 9.53 Å². The molecular weight excluding hydrogens is 124 g/mol. The van der Waals surface area contributed by atoms with Crippen LogP contribution in [0.5, 0.6) is 0 Å². The first kappa shape index (κ1) is 4.03. The summed E-state index contributed by atoms with van der Waals surface area (Å²) >= 11 is 1.39. The highest BCUT2D eigenvalue weighted by molar-refractivity contribution is 7.13. The first-order chi connectivity index (χ1) is 3.97. The standard InChI is InChI=1S/C4H2N2OS/c1-3-4(8-6-1)2-5-7-3/h1-2H. The van der Waals surface area contributed by atoms with Crippen molar-refractivity contribution in [1.82, 2.24) is 9.53 Å². The van der Waals surface area contributed by atoms with E-state index in [1.165, 1.54) is 11.5 Å². The highest BCUT2D eigenvalue weighted by atomic mass is 32.1. The van der Waals surface area contributed by atoms with Crippen LogP contribution in [-0.2, 0) is 0 Å². The van der Waals surface area contributed by atoms with Crippen LogP contribution in [0.3, 0.4) is 0 Å². The molecule has 2 rings (SSSR count). The van der Waals surface area contributed by atoms with Gasteiger partial charge in [0.05, 0.1) is 12.4 Å². The van der Waals surface area contributed by atoms with Crippen LogP contribution in [0, 0.1) is 0 Å². The van der Waals surface area contributed by atoms with E-state index in [4.69, 9.17) is 4.52 Å². The molecule has 2 heterocycles. The van der Waals surface area contributed by atoms with Crippen LogP contribution >= 0.6 is 11.5 Å². The van der Waals surface area contributed by atoms with Crippen molar-refractivity contribution in [2.75, 3.05) is 0 Å². The van der Waals surface area contributed by atoms with E-state index in [0.29, 0.717) is 0 Å². The molecule has 0 aromatic carbocycles. The van der Waals surface area contributed by atoms with Gasteiger partial charge in [0.2, 0.25) is 0 Å². The van der Waals surface area contributed by atoms with Crippen LogP contribution in [0.4, 0.5) is 0 Å². The average Bonchev–Trinajstić information content (AvgIpc) is 2.15. The molecule has 40 valence electrons. The lowest BCUT2D eigenvalue weighted by Gasteiger charge is -1.59. The molecule has 0 amide bonds. The van der Waals surface area contributed by atoms with Crippen molar-refractivity contribution in [3.8, 4) is 0 Å². The van der Waals surface area contributed by atoms with Crippen LogP contribution in [-0.4, -0.2) is 9.53 Å². The monoisotopic (exact) mass is 126 g/mol. The lowest BCUT2D eigenvalue weighted by Crippen LogP contribution is -1.47. The van der Waals surface area contributed by atoms with Gasteiger partial charge in [-0.15, -0.1) is 0 Å². The van der Waals surface area contributed by atoms with Gasteiger partial charge in [0.15, 0.2) is 5.58 Å². The molecule has 0 N–H and O–H groups in total. The summed E-state index contributed by atoms with van der Waals surface area (Å²) in [4.78, 5) is 0. The van der Waals surface area contributed by atoms with Gasteiger partial charge in [0.1, 0.15) is 4.70 Å². The third kappa shape index (κ3) is 0.376. The molecule has 3 nitrogen and oxygen atoms in total. The number of aromatic nitrogens is 2. The molecule has 2 aromatic rings. The van der Waals surface area contributed by atoms with E-state index in [1.807, 2.05) is 0 Å². The maximum absolute atomic E-state index is 4.76. The Hall–Kier alpha value is -0.900. The van der Waals surface area contributed by atoms with Crippen LogP contribution < -0.4 is 0 Å². The van der Waals surface area contributed by atoms with E-state index in [0.717, 1.165) is 10.3 Å². The summed E-state index contributed by atoms with van der Waals surface area (Å²) in [7, 11) is 0. The highest BCUT2D eigenvalue weighted by Gasteiger charge is 1.96. The Balaban J connectivity index is 3.06.